The van der Waals surface area contributed by atoms with Crippen molar-refractivity contribution in [1.82, 2.24) is 4.90 Å². The quantitative estimate of drug-likeness (QED) is 0.733. The molecular formula is C23H27NO. The summed E-state index contributed by atoms with van der Waals surface area (Å²) in [6, 6.07) is 20.0. The number of carbonyl (C=O) groups is 1. The number of Topliss-reactive ketones (excluding diaryl/α,β-unsaturated/α-hetero) is 1. The highest BCUT2D eigenvalue weighted by molar-refractivity contribution is 5.99. The molecular weight excluding hydrogens is 306 g/mol. The fraction of sp³-hybridized carbons (Fsp3) is 0.435. The molecule has 2 heteroatoms. The first-order valence-electron chi connectivity index (χ1n) is 9.62. The number of hydrogen-bond acceptors (Lipinski definition) is 2. The molecule has 2 saturated heterocycles. The lowest BCUT2D eigenvalue weighted by Crippen LogP contribution is -2.52. The van der Waals surface area contributed by atoms with Crippen molar-refractivity contribution in [2.45, 2.75) is 57.7 Å². The van der Waals surface area contributed by atoms with Gasteiger partial charge in [-0.05, 0) is 43.7 Å². The van der Waals surface area contributed by atoms with Crippen LogP contribution in [-0.4, -0.2) is 22.8 Å². The number of carbonyl (C=O) groups excluding carboxylic acids is 1. The highest BCUT2D eigenvalue weighted by atomic mass is 16.1. The van der Waals surface area contributed by atoms with Crippen LogP contribution in [0, 0.1) is 12.8 Å². The molecule has 2 atom stereocenters. The largest absolute Gasteiger partial charge is 0.294 e. The zero-order chi connectivity index (χ0) is 17.2. The van der Waals surface area contributed by atoms with E-state index < -0.39 is 0 Å². The highest BCUT2D eigenvalue weighted by Crippen LogP contribution is 2.39. The van der Waals surface area contributed by atoms with Gasteiger partial charge in [0, 0.05) is 30.1 Å². The van der Waals surface area contributed by atoms with Gasteiger partial charge in [0.25, 0.3) is 0 Å². The van der Waals surface area contributed by atoms with Gasteiger partial charge in [0.05, 0.1) is 0 Å². The molecule has 2 aliphatic heterocycles. The fourth-order valence-electron chi connectivity index (χ4n) is 4.81. The third kappa shape index (κ3) is 3.41. The zero-order valence-corrected chi connectivity index (χ0v) is 15.0. The molecule has 2 unspecified atom stereocenters. The second-order valence-electron chi connectivity index (χ2n) is 7.74. The number of ketones is 1. The third-order valence-electron chi connectivity index (χ3n) is 6.12. The standard InChI is InChI=1S/C23H27NO/c1-17-8-5-6-13-22(17)23(25)19-14-20-11-7-12-21(15-19)24(20)16-18-9-3-2-4-10-18/h2-6,8-10,13,19-21H,7,11-12,14-16H2,1H3. The second kappa shape index (κ2) is 7.13. The van der Waals surface area contributed by atoms with Crippen molar-refractivity contribution in [3.05, 3.63) is 71.3 Å². The maximum Gasteiger partial charge on any atom is 0.166 e. The molecule has 0 amide bonds. The van der Waals surface area contributed by atoms with Crippen molar-refractivity contribution in [3.63, 3.8) is 0 Å². The molecule has 25 heavy (non-hydrogen) atoms. The summed E-state index contributed by atoms with van der Waals surface area (Å²) in [5.74, 6) is 0.567. The van der Waals surface area contributed by atoms with Crippen LogP contribution < -0.4 is 0 Å². The van der Waals surface area contributed by atoms with Crippen LogP contribution in [-0.2, 0) is 6.54 Å². The van der Waals surface area contributed by atoms with Crippen LogP contribution in [0.2, 0.25) is 0 Å². The van der Waals surface area contributed by atoms with Crippen LogP contribution in [0.5, 0.6) is 0 Å². The van der Waals surface area contributed by atoms with Gasteiger partial charge in [-0.15, -0.1) is 0 Å². The lowest BCUT2D eigenvalue weighted by Gasteiger charge is -2.48. The minimum Gasteiger partial charge on any atom is -0.294 e. The molecule has 0 N–H and O–H groups in total. The zero-order valence-electron chi connectivity index (χ0n) is 15.0. The monoisotopic (exact) mass is 333 g/mol. The fourth-order valence-corrected chi connectivity index (χ4v) is 4.81. The average Bonchev–Trinajstić information content (AvgIpc) is 2.62. The SMILES string of the molecule is Cc1ccccc1C(=O)C1CC2CCCC(C1)N2Cc1ccccc1. The molecule has 2 aromatic carbocycles. The van der Waals surface area contributed by atoms with Crippen molar-refractivity contribution in [3.8, 4) is 0 Å². The van der Waals surface area contributed by atoms with Crippen LogP contribution in [0.3, 0.4) is 0 Å². The summed E-state index contributed by atoms with van der Waals surface area (Å²) in [5, 5.41) is 0. The van der Waals surface area contributed by atoms with E-state index in [1.165, 1.54) is 24.8 Å². The predicted octanol–water partition coefficient (Wildman–Crippen LogP) is 5.01. The van der Waals surface area contributed by atoms with E-state index in [2.05, 4.69) is 48.2 Å². The summed E-state index contributed by atoms with van der Waals surface area (Å²) in [6.45, 7) is 3.08. The predicted molar refractivity (Wildman–Crippen MR) is 102 cm³/mol. The summed E-state index contributed by atoms with van der Waals surface area (Å²) >= 11 is 0. The summed E-state index contributed by atoms with van der Waals surface area (Å²) in [6.07, 6.45) is 5.83. The summed E-state index contributed by atoms with van der Waals surface area (Å²) in [4.78, 5) is 15.8. The number of hydrogen-bond donors (Lipinski definition) is 0. The van der Waals surface area contributed by atoms with E-state index in [0.29, 0.717) is 17.9 Å². The van der Waals surface area contributed by atoms with Crippen molar-refractivity contribution in [2.24, 2.45) is 5.92 Å². The topological polar surface area (TPSA) is 20.3 Å². The van der Waals surface area contributed by atoms with Crippen LogP contribution >= 0.6 is 0 Å². The first kappa shape index (κ1) is 16.5. The molecule has 2 aromatic rings. The Balaban J connectivity index is 1.51. The summed E-state index contributed by atoms with van der Waals surface area (Å²) < 4.78 is 0. The van der Waals surface area contributed by atoms with E-state index in [1.807, 2.05) is 18.2 Å². The summed E-state index contributed by atoms with van der Waals surface area (Å²) in [5.41, 5.74) is 3.44. The van der Waals surface area contributed by atoms with Crippen molar-refractivity contribution >= 4 is 5.78 Å². The van der Waals surface area contributed by atoms with Crippen molar-refractivity contribution in [2.75, 3.05) is 0 Å². The van der Waals surface area contributed by atoms with E-state index in [9.17, 15) is 4.79 Å². The Labute approximate surface area is 150 Å². The maximum absolute atomic E-state index is 13.1. The van der Waals surface area contributed by atoms with Crippen molar-refractivity contribution in [1.29, 1.82) is 0 Å². The van der Waals surface area contributed by atoms with Gasteiger partial charge in [-0.3, -0.25) is 9.69 Å². The molecule has 2 fully saturated rings. The van der Waals surface area contributed by atoms with Gasteiger partial charge in [-0.25, -0.2) is 0 Å². The van der Waals surface area contributed by atoms with Gasteiger partial charge in [-0.2, -0.15) is 0 Å². The van der Waals surface area contributed by atoms with Crippen LogP contribution in [0.1, 0.15) is 53.6 Å². The molecule has 2 heterocycles. The van der Waals surface area contributed by atoms with E-state index in [0.717, 1.165) is 30.5 Å². The Morgan fingerprint density at radius 1 is 0.960 bits per heavy atom. The first-order chi connectivity index (χ1) is 12.2. The molecule has 4 rings (SSSR count). The molecule has 0 saturated carbocycles. The molecule has 0 spiro atoms. The van der Waals surface area contributed by atoms with Gasteiger partial charge < -0.3 is 0 Å². The number of piperidine rings is 2. The number of aryl methyl sites for hydroxylation is 1. The highest BCUT2D eigenvalue weighted by Gasteiger charge is 2.40. The third-order valence-corrected chi connectivity index (χ3v) is 6.12. The van der Waals surface area contributed by atoms with Crippen molar-refractivity contribution < 1.29 is 4.79 Å². The maximum atomic E-state index is 13.1. The number of rotatable bonds is 4. The van der Waals surface area contributed by atoms with Gasteiger partial charge in [-0.1, -0.05) is 61.0 Å². The van der Waals surface area contributed by atoms with E-state index >= 15 is 0 Å². The molecule has 0 aromatic heterocycles. The number of nitrogens with zero attached hydrogens (tertiary/aromatic N) is 1. The van der Waals surface area contributed by atoms with E-state index in [-0.39, 0.29) is 5.92 Å². The van der Waals surface area contributed by atoms with Gasteiger partial charge in [0.1, 0.15) is 0 Å². The Hall–Kier alpha value is -1.93. The Morgan fingerprint density at radius 3 is 2.28 bits per heavy atom. The van der Waals surface area contributed by atoms with Crippen LogP contribution in [0.15, 0.2) is 54.6 Å². The number of benzene rings is 2. The lowest BCUT2D eigenvalue weighted by atomic mass is 9.75. The average molecular weight is 333 g/mol. The molecule has 0 aliphatic carbocycles. The second-order valence-corrected chi connectivity index (χ2v) is 7.74. The van der Waals surface area contributed by atoms with E-state index in [4.69, 9.17) is 0 Å². The molecule has 2 nitrogen and oxygen atoms in total. The molecule has 2 bridgehead atoms. The van der Waals surface area contributed by atoms with Gasteiger partial charge in [0.15, 0.2) is 5.78 Å². The lowest BCUT2D eigenvalue weighted by molar-refractivity contribution is 0.00904. The normalized spacial score (nSPS) is 26.4. The summed E-state index contributed by atoms with van der Waals surface area (Å²) in [7, 11) is 0. The molecule has 0 radical (unpaired) electrons. The minimum absolute atomic E-state index is 0.198. The Morgan fingerprint density at radius 2 is 1.60 bits per heavy atom. The molecule has 2 aliphatic rings. The minimum atomic E-state index is 0.198. The number of fused-ring (bicyclic) bond motifs is 2. The van der Waals surface area contributed by atoms with Crippen LogP contribution in [0.25, 0.3) is 0 Å². The Bertz CT molecular complexity index is 725. The van der Waals surface area contributed by atoms with Gasteiger partial charge in [0.2, 0.25) is 0 Å². The van der Waals surface area contributed by atoms with Crippen LogP contribution in [0.4, 0.5) is 0 Å². The molecule has 130 valence electrons. The van der Waals surface area contributed by atoms with Gasteiger partial charge >= 0.3 is 0 Å². The smallest absolute Gasteiger partial charge is 0.166 e. The Kier molecular flexibility index (Phi) is 4.72. The van der Waals surface area contributed by atoms with E-state index in [1.54, 1.807) is 0 Å². The first-order valence-corrected chi connectivity index (χ1v) is 9.62.